The van der Waals surface area contributed by atoms with Crippen LogP contribution in [0.25, 0.3) is 0 Å². The van der Waals surface area contributed by atoms with Crippen LogP contribution in [0.15, 0.2) is 34.9 Å². The molecule has 1 aliphatic heterocycles. The van der Waals surface area contributed by atoms with Gasteiger partial charge in [-0.1, -0.05) is 43.8 Å². The van der Waals surface area contributed by atoms with E-state index in [-0.39, 0.29) is 21.2 Å². The highest BCUT2D eigenvalue weighted by molar-refractivity contribution is 8.04. The fourth-order valence-corrected chi connectivity index (χ4v) is 4.77. The molecule has 0 radical (unpaired) electrons. The van der Waals surface area contributed by atoms with Crippen LogP contribution in [-0.4, -0.2) is 23.0 Å². The fraction of sp³-hybridized carbons (Fsp3) is 0.500. The van der Waals surface area contributed by atoms with Gasteiger partial charge < -0.3 is 10.6 Å². The summed E-state index contributed by atoms with van der Waals surface area (Å²) in [7, 11) is 0. The molecule has 0 fully saturated rings. The van der Waals surface area contributed by atoms with E-state index in [0.717, 1.165) is 23.7 Å². The molecule has 2 N–H and O–H groups in total. The Bertz CT molecular complexity index is 652. The molecule has 3 nitrogen and oxygen atoms in total. The number of carbonyl (C=O) groups is 1. The Balaban J connectivity index is 2.20. The van der Waals surface area contributed by atoms with Gasteiger partial charge in [0.1, 0.15) is 0 Å². The lowest BCUT2D eigenvalue weighted by atomic mass is 10.1. The third kappa shape index (κ3) is 5.14. The first-order valence-electron chi connectivity index (χ1n) is 8.34. The highest BCUT2D eigenvalue weighted by Crippen LogP contribution is 2.38. The number of carbonyl (C=O) groups excluding carboxylic acids is 1. The number of benzene rings is 1. The van der Waals surface area contributed by atoms with Crippen LogP contribution >= 0.6 is 23.5 Å². The Morgan fingerprint density at radius 2 is 2.04 bits per heavy atom. The van der Waals surface area contributed by atoms with Gasteiger partial charge in [-0.2, -0.15) is 11.8 Å². The zero-order chi connectivity index (χ0) is 18.6. The molecule has 0 spiro atoms. The van der Waals surface area contributed by atoms with Crippen molar-refractivity contribution in [2.24, 2.45) is 0 Å². The van der Waals surface area contributed by atoms with Crippen LogP contribution in [0.3, 0.4) is 0 Å². The standard InChI is InChI=1S/C18H24F2N2OS2/c1-5-10(2)24-11(3)13-8-6-7-9-14(13)22-18(23)16-15(17(19)20)21-12(4)25-16/h6-12,17,21H,5H2,1-4H3,(H,22,23). The highest BCUT2D eigenvalue weighted by Gasteiger charge is 2.31. The summed E-state index contributed by atoms with van der Waals surface area (Å²) in [6.07, 6.45) is -1.62. The number of para-hydroxylation sites is 1. The minimum Gasteiger partial charge on any atom is -0.371 e. The molecule has 1 heterocycles. The Morgan fingerprint density at radius 1 is 1.36 bits per heavy atom. The van der Waals surface area contributed by atoms with E-state index in [2.05, 4.69) is 31.4 Å². The number of thioether (sulfide) groups is 2. The zero-order valence-electron chi connectivity index (χ0n) is 14.8. The summed E-state index contributed by atoms with van der Waals surface area (Å²) < 4.78 is 26.3. The Kier molecular flexibility index (Phi) is 7.19. The molecule has 1 aliphatic rings. The number of alkyl halides is 2. The van der Waals surface area contributed by atoms with Gasteiger partial charge >= 0.3 is 0 Å². The van der Waals surface area contributed by atoms with Crippen molar-refractivity contribution < 1.29 is 13.6 Å². The molecular formula is C18H24F2N2OS2. The second-order valence-corrected chi connectivity index (χ2v) is 9.12. The van der Waals surface area contributed by atoms with Crippen LogP contribution in [-0.2, 0) is 4.79 Å². The van der Waals surface area contributed by atoms with Crippen LogP contribution in [0.5, 0.6) is 0 Å². The van der Waals surface area contributed by atoms with Crippen molar-refractivity contribution in [3.63, 3.8) is 0 Å². The molecule has 3 unspecified atom stereocenters. The van der Waals surface area contributed by atoms with Crippen LogP contribution in [0.1, 0.15) is 44.9 Å². The molecule has 0 aliphatic carbocycles. The lowest BCUT2D eigenvalue weighted by molar-refractivity contribution is -0.112. The lowest BCUT2D eigenvalue weighted by Gasteiger charge is -2.20. The molecule has 0 bridgehead atoms. The van der Waals surface area contributed by atoms with Gasteiger partial charge in [0.25, 0.3) is 12.3 Å². The molecule has 1 aromatic rings. The molecule has 25 heavy (non-hydrogen) atoms. The summed E-state index contributed by atoms with van der Waals surface area (Å²) in [5.41, 5.74) is 1.40. The van der Waals surface area contributed by atoms with Gasteiger partial charge in [-0.3, -0.25) is 4.79 Å². The van der Waals surface area contributed by atoms with Gasteiger partial charge in [0, 0.05) is 16.2 Å². The number of rotatable bonds is 7. The van der Waals surface area contributed by atoms with Crippen molar-refractivity contribution in [1.82, 2.24) is 5.32 Å². The second kappa shape index (κ2) is 8.94. The summed E-state index contributed by atoms with van der Waals surface area (Å²) in [4.78, 5) is 12.6. The normalized spacial score (nSPS) is 19.7. The summed E-state index contributed by atoms with van der Waals surface area (Å²) in [5, 5.41) is 5.96. The van der Waals surface area contributed by atoms with Crippen molar-refractivity contribution in [1.29, 1.82) is 0 Å². The van der Waals surface area contributed by atoms with Crippen molar-refractivity contribution in [3.8, 4) is 0 Å². The van der Waals surface area contributed by atoms with Gasteiger partial charge in [-0.05, 0) is 31.9 Å². The first-order valence-corrected chi connectivity index (χ1v) is 10.2. The fourth-order valence-electron chi connectivity index (χ4n) is 2.55. The third-order valence-corrected chi connectivity index (χ3v) is 6.55. The number of anilines is 1. The Morgan fingerprint density at radius 3 is 2.68 bits per heavy atom. The molecule has 7 heteroatoms. The van der Waals surface area contributed by atoms with E-state index in [1.165, 1.54) is 0 Å². The van der Waals surface area contributed by atoms with Crippen LogP contribution < -0.4 is 10.6 Å². The van der Waals surface area contributed by atoms with Crippen LogP contribution in [0, 0.1) is 0 Å². The molecule has 138 valence electrons. The minimum absolute atomic E-state index is 0.0690. The molecule has 0 saturated heterocycles. The quantitative estimate of drug-likeness (QED) is 0.660. The number of halogens is 2. The van der Waals surface area contributed by atoms with Gasteiger partial charge in [0.05, 0.1) is 16.0 Å². The lowest BCUT2D eigenvalue weighted by Crippen LogP contribution is -2.22. The average molecular weight is 387 g/mol. The van der Waals surface area contributed by atoms with E-state index in [1.54, 1.807) is 6.92 Å². The second-order valence-electron chi connectivity index (χ2n) is 5.99. The molecule has 1 aromatic carbocycles. The van der Waals surface area contributed by atoms with Crippen molar-refractivity contribution >= 4 is 35.1 Å². The first-order chi connectivity index (χ1) is 11.8. The molecule has 3 atom stereocenters. The number of hydrogen-bond acceptors (Lipinski definition) is 4. The largest absolute Gasteiger partial charge is 0.371 e. The van der Waals surface area contributed by atoms with Gasteiger partial charge in [-0.25, -0.2) is 8.78 Å². The Labute approximate surface area is 156 Å². The van der Waals surface area contributed by atoms with E-state index >= 15 is 0 Å². The number of nitrogens with one attached hydrogen (secondary N) is 2. The monoisotopic (exact) mass is 386 g/mol. The molecule has 1 amide bonds. The number of allylic oxidation sites excluding steroid dienone is 1. The van der Waals surface area contributed by atoms with E-state index in [4.69, 9.17) is 0 Å². The third-order valence-electron chi connectivity index (χ3n) is 3.98. The van der Waals surface area contributed by atoms with Crippen molar-refractivity contribution in [2.75, 3.05) is 5.32 Å². The van der Waals surface area contributed by atoms with E-state index in [1.807, 2.05) is 36.0 Å². The molecular weight excluding hydrogens is 362 g/mol. The summed E-state index contributed by atoms with van der Waals surface area (Å²) in [6, 6.07) is 7.56. The molecule has 2 rings (SSSR count). The van der Waals surface area contributed by atoms with Gasteiger partial charge in [-0.15, -0.1) is 0 Å². The zero-order valence-corrected chi connectivity index (χ0v) is 16.4. The summed E-state index contributed by atoms with van der Waals surface area (Å²) in [5.74, 6) is -0.481. The van der Waals surface area contributed by atoms with Crippen molar-refractivity contribution in [2.45, 2.75) is 56.4 Å². The van der Waals surface area contributed by atoms with Gasteiger partial charge in [0.15, 0.2) is 0 Å². The number of hydrogen-bond donors (Lipinski definition) is 2. The summed E-state index contributed by atoms with van der Waals surface area (Å²) >= 11 is 2.96. The SMILES string of the molecule is CCC(C)SC(C)c1ccccc1NC(=O)C1=C(C(F)F)NC(C)S1. The average Bonchev–Trinajstić information content (AvgIpc) is 2.97. The maximum absolute atomic E-state index is 13.1. The molecule has 0 aromatic heterocycles. The van der Waals surface area contributed by atoms with Crippen LogP contribution in [0.4, 0.5) is 14.5 Å². The van der Waals surface area contributed by atoms with Crippen molar-refractivity contribution in [3.05, 3.63) is 40.4 Å². The number of amides is 1. The van der Waals surface area contributed by atoms with E-state index in [0.29, 0.717) is 10.9 Å². The predicted molar refractivity (Wildman–Crippen MR) is 104 cm³/mol. The maximum Gasteiger partial charge on any atom is 0.279 e. The predicted octanol–water partition coefficient (Wildman–Crippen LogP) is 5.38. The van der Waals surface area contributed by atoms with Gasteiger partial charge in [0.2, 0.25) is 0 Å². The maximum atomic E-state index is 13.1. The van der Waals surface area contributed by atoms with E-state index < -0.39 is 12.3 Å². The minimum atomic E-state index is -2.69. The van der Waals surface area contributed by atoms with E-state index in [9.17, 15) is 13.6 Å². The topological polar surface area (TPSA) is 41.1 Å². The summed E-state index contributed by atoms with van der Waals surface area (Å²) in [6.45, 7) is 8.16. The van der Waals surface area contributed by atoms with Crippen LogP contribution in [0.2, 0.25) is 0 Å². The molecule has 0 saturated carbocycles. The smallest absolute Gasteiger partial charge is 0.279 e. The Hall–Kier alpha value is -1.21. The first kappa shape index (κ1) is 20.1. The highest BCUT2D eigenvalue weighted by atomic mass is 32.2.